The fraction of sp³-hybridized carbons (Fsp3) is 0.0500. The molecule has 166 valence electrons. The molecule has 0 saturated carbocycles. The normalized spacial score (nSPS) is 12.2. The molecule has 0 spiro atoms. The molecule has 32 heavy (non-hydrogen) atoms. The molecule has 2 aromatic carbocycles. The number of aromatic nitrogens is 1. The van der Waals surface area contributed by atoms with E-state index in [-0.39, 0.29) is 23.2 Å². The molecule has 0 aliphatic carbocycles. The summed E-state index contributed by atoms with van der Waals surface area (Å²) in [5.74, 6) is 1.82. The first-order chi connectivity index (χ1) is 15.2. The van der Waals surface area contributed by atoms with Gasteiger partial charge in [-0.05, 0) is 30.3 Å². The van der Waals surface area contributed by atoms with Gasteiger partial charge in [0.25, 0.3) is 5.91 Å². The summed E-state index contributed by atoms with van der Waals surface area (Å²) in [6.45, 7) is 0. The number of allylic oxidation sites excluding steroid dienone is 2. The van der Waals surface area contributed by atoms with Crippen LogP contribution in [-0.4, -0.2) is 23.5 Å². The number of hydrogen-bond acceptors (Lipinski definition) is 6. The summed E-state index contributed by atoms with van der Waals surface area (Å²) < 4.78 is 73.7. The Bertz CT molecular complexity index is 1200. The number of nitrogens with one attached hydrogen (secondary N) is 3. The van der Waals surface area contributed by atoms with Gasteiger partial charge in [-0.25, -0.2) is 14.6 Å². The Balaban J connectivity index is 2.26. The summed E-state index contributed by atoms with van der Waals surface area (Å²) in [6.07, 6.45) is -4.79. The third kappa shape index (κ3) is 4.64. The monoisotopic (exact) mass is 451 g/mol. The number of rotatable bonds is 6. The van der Waals surface area contributed by atoms with Gasteiger partial charge in [0.2, 0.25) is 0 Å². The number of halogens is 5. The molecule has 1 heterocycles. The van der Waals surface area contributed by atoms with E-state index in [9.17, 15) is 26.7 Å². The number of anilines is 1. The number of carbonyl (C=O) groups excluding carboxylic acids is 1. The maximum Gasteiger partial charge on any atom is 0.432 e. The molecular weight excluding hydrogens is 437 g/mol. The highest BCUT2D eigenvalue weighted by molar-refractivity contribution is 6.15. The van der Waals surface area contributed by atoms with Crippen LogP contribution in [0.2, 0.25) is 0 Å². The van der Waals surface area contributed by atoms with Gasteiger partial charge in [-0.1, -0.05) is 23.4 Å². The number of carbonyl (C=O) groups is 1. The molecule has 0 bridgehead atoms. The van der Waals surface area contributed by atoms with E-state index < -0.39 is 46.3 Å². The van der Waals surface area contributed by atoms with Crippen molar-refractivity contribution in [1.82, 2.24) is 10.6 Å². The minimum Gasteiger partial charge on any atom is -0.355 e. The van der Waals surface area contributed by atoms with Crippen LogP contribution in [-0.2, 0) is 0 Å². The summed E-state index contributed by atoms with van der Waals surface area (Å²) in [5.41, 5.74) is -1.78. The predicted molar refractivity (Wildman–Crippen MR) is 105 cm³/mol. The van der Waals surface area contributed by atoms with Crippen LogP contribution >= 0.6 is 0 Å². The standard InChI is InChI=1S/C20H14F5N5O2/c21-11-4-1-3-10(7-11)16-15(19(31)29-27)17(32-30-16)14(9-26)18(20(23,24)25)28-13-6-2-5-12(22)8-13/h1-9,26,28H,27H2,(H,29,31)/b18-14+,26-9?. The van der Waals surface area contributed by atoms with Crippen LogP contribution in [0.4, 0.5) is 27.6 Å². The summed E-state index contributed by atoms with van der Waals surface area (Å²) >= 11 is 0. The lowest BCUT2D eigenvalue weighted by atomic mass is 10.0. The van der Waals surface area contributed by atoms with Crippen LogP contribution in [0, 0.1) is 17.0 Å². The van der Waals surface area contributed by atoms with E-state index in [0.717, 1.165) is 24.3 Å². The van der Waals surface area contributed by atoms with Gasteiger partial charge in [0.05, 0.1) is 5.57 Å². The molecule has 0 aliphatic heterocycles. The highest BCUT2D eigenvalue weighted by Gasteiger charge is 2.39. The minimum atomic E-state index is -5.08. The molecule has 0 fully saturated rings. The van der Waals surface area contributed by atoms with Crippen LogP contribution in [0.5, 0.6) is 0 Å². The fourth-order valence-electron chi connectivity index (χ4n) is 2.84. The van der Waals surface area contributed by atoms with E-state index in [1.165, 1.54) is 24.3 Å². The van der Waals surface area contributed by atoms with E-state index in [0.29, 0.717) is 0 Å². The molecule has 12 heteroatoms. The molecule has 0 atom stereocenters. The number of amides is 1. The van der Waals surface area contributed by atoms with Crippen LogP contribution in [0.15, 0.2) is 58.8 Å². The van der Waals surface area contributed by atoms with Crippen molar-refractivity contribution in [2.24, 2.45) is 5.84 Å². The number of hydrogen-bond donors (Lipinski definition) is 4. The molecule has 0 unspecified atom stereocenters. The molecule has 7 nitrogen and oxygen atoms in total. The maximum atomic E-state index is 13.9. The van der Waals surface area contributed by atoms with Gasteiger partial charge in [-0.2, -0.15) is 13.2 Å². The Labute approximate surface area is 177 Å². The Morgan fingerprint density at radius 2 is 1.75 bits per heavy atom. The van der Waals surface area contributed by atoms with Gasteiger partial charge in [0.1, 0.15) is 28.6 Å². The lowest BCUT2D eigenvalue weighted by Crippen LogP contribution is -2.31. The van der Waals surface area contributed by atoms with Crippen LogP contribution < -0.4 is 16.6 Å². The first-order valence-electron chi connectivity index (χ1n) is 8.77. The van der Waals surface area contributed by atoms with Crippen molar-refractivity contribution in [1.29, 1.82) is 5.41 Å². The zero-order chi connectivity index (χ0) is 23.5. The molecule has 3 rings (SSSR count). The third-order valence-corrected chi connectivity index (χ3v) is 4.18. The third-order valence-electron chi connectivity index (χ3n) is 4.18. The topological polar surface area (TPSA) is 117 Å². The van der Waals surface area contributed by atoms with Crippen molar-refractivity contribution in [3.8, 4) is 11.3 Å². The average molecular weight is 451 g/mol. The molecule has 5 N–H and O–H groups in total. The Morgan fingerprint density at radius 1 is 1.09 bits per heavy atom. The predicted octanol–water partition coefficient (Wildman–Crippen LogP) is 4.26. The van der Waals surface area contributed by atoms with Crippen molar-refractivity contribution >= 4 is 23.4 Å². The zero-order valence-corrected chi connectivity index (χ0v) is 15.9. The van der Waals surface area contributed by atoms with Gasteiger partial charge >= 0.3 is 6.18 Å². The average Bonchev–Trinajstić information content (AvgIpc) is 3.17. The molecule has 1 amide bonds. The molecular formula is C20H14F5N5O2. The van der Waals surface area contributed by atoms with E-state index >= 15 is 0 Å². The van der Waals surface area contributed by atoms with Gasteiger partial charge in [0, 0.05) is 17.5 Å². The first kappa shape index (κ1) is 22.6. The van der Waals surface area contributed by atoms with E-state index in [1.807, 2.05) is 5.32 Å². The van der Waals surface area contributed by atoms with Crippen LogP contribution in [0.3, 0.4) is 0 Å². The smallest absolute Gasteiger partial charge is 0.355 e. The van der Waals surface area contributed by atoms with Gasteiger partial charge < -0.3 is 15.2 Å². The van der Waals surface area contributed by atoms with E-state index in [4.69, 9.17) is 15.8 Å². The Kier molecular flexibility index (Phi) is 6.35. The van der Waals surface area contributed by atoms with E-state index in [1.54, 1.807) is 5.43 Å². The molecule has 0 saturated heterocycles. The highest BCUT2D eigenvalue weighted by Crippen LogP contribution is 2.36. The summed E-state index contributed by atoms with van der Waals surface area (Å²) in [4.78, 5) is 12.4. The first-order valence-corrected chi connectivity index (χ1v) is 8.77. The second-order valence-corrected chi connectivity index (χ2v) is 6.29. The van der Waals surface area contributed by atoms with Crippen molar-refractivity contribution in [2.75, 3.05) is 5.32 Å². The lowest BCUT2D eigenvalue weighted by Gasteiger charge is -2.17. The number of nitrogen functional groups attached to an aromatic ring is 1. The quantitative estimate of drug-likeness (QED) is 0.147. The second-order valence-electron chi connectivity index (χ2n) is 6.29. The SMILES string of the molecule is N=C/C(=C(\Nc1cccc(F)c1)C(F)(F)F)c1onc(-c2cccc(F)c2)c1C(=O)NN. The molecule has 0 radical (unpaired) electrons. The highest BCUT2D eigenvalue weighted by atomic mass is 19.4. The molecule has 1 aromatic heterocycles. The maximum absolute atomic E-state index is 13.9. The van der Waals surface area contributed by atoms with Crippen molar-refractivity contribution in [3.63, 3.8) is 0 Å². The van der Waals surface area contributed by atoms with Crippen molar-refractivity contribution < 1.29 is 31.3 Å². The largest absolute Gasteiger partial charge is 0.432 e. The fourth-order valence-corrected chi connectivity index (χ4v) is 2.84. The summed E-state index contributed by atoms with van der Waals surface area (Å²) in [7, 11) is 0. The van der Waals surface area contributed by atoms with E-state index in [2.05, 4.69) is 5.16 Å². The molecule has 3 aromatic rings. The second kappa shape index (κ2) is 8.98. The van der Waals surface area contributed by atoms with Crippen LogP contribution in [0.1, 0.15) is 16.1 Å². The number of nitrogens with two attached hydrogens (primary N) is 1. The van der Waals surface area contributed by atoms with Crippen molar-refractivity contribution in [3.05, 3.63) is 77.2 Å². The minimum absolute atomic E-state index is 0.0228. The number of hydrazine groups is 1. The Morgan fingerprint density at radius 3 is 2.31 bits per heavy atom. The molecule has 0 aliphatic rings. The van der Waals surface area contributed by atoms with Crippen LogP contribution in [0.25, 0.3) is 16.8 Å². The summed E-state index contributed by atoms with van der Waals surface area (Å²) in [6, 6.07) is 8.93. The number of nitrogens with zero attached hydrogens (tertiary/aromatic N) is 1. The number of benzene rings is 2. The van der Waals surface area contributed by atoms with Crippen molar-refractivity contribution in [2.45, 2.75) is 6.18 Å². The Hall–Kier alpha value is -4.06. The van der Waals surface area contributed by atoms with Gasteiger partial charge in [-0.15, -0.1) is 0 Å². The zero-order valence-electron chi connectivity index (χ0n) is 15.9. The number of alkyl halides is 3. The lowest BCUT2D eigenvalue weighted by molar-refractivity contribution is -0.0896. The van der Waals surface area contributed by atoms with Gasteiger partial charge in [-0.3, -0.25) is 10.2 Å². The van der Waals surface area contributed by atoms with Gasteiger partial charge in [0.15, 0.2) is 5.76 Å². The summed E-state index contributed by atoms with van der Waals surface area (Å²) in [5, 5.41) is 13.2.